The molecule has 0 saturated carbocycles. The number of benzene rings is 2. The Hall–Kier alpha value is -3.25. The van der Waals surface area contributed by atoms with Crippen LogP contribution < -0.4 is 10.2 Å². The summed E-state index contributed by atoms with van der Waals surface area (Å²) in [5, 5.41) is 3.08. The van der Waals surface area contributed by atoms with Crippen molar-refractivity contribution >= 4 is 11.7 Å². The molecular weight excluding hydrogens is 410 g/mol. The van der Waals surface area contributed by atoms with Gasteiger partial charge in [0.15, 0.2) is 5.82 Å². The number of likely N-dealkylation sites (tertiary alicyclic amines) is 1. The third kappa shape index (κ3) is 5.96. The van der Waals surface area contributed by atoms with Crippen molar-refractivity contribution in [1.29, 1.82) is 0 Å². The highest BCUT2D eigenvalue weighted by atomic mass is 16.1. The molecule has 0 radical (unpaired) electrons. The summed E-state index contributed by atoms with van der Waals surface area (Å²) in [6.07, 6.45) is 5.61. The quantitative estimate of drug-likeness (QED) is 0.533. The fraction of sp³-hybridized carbons (Fsp3) is 0.370. The Labute approximate surface area is 196 Å². The molecule has 0 spiro atoms. The van der Waals surface area contributed by atoms with Crippen LogP contribution in [0.15, 0.2) is 66.9 Å². The minimum absolute atomic E-state index is 0.113. The van der Waals surface area contributed by atoms with Gasteiger partial charge in [-0.25, -0.2) is 9.97 Å². The molecule has 33 heavy (non-hydrogen) atoms. The third-order valence-electron chi connectivity index (χ3n) is 6.39. The topological polar surface area (TPSA) is 61.4 Å². The van der Waals surface area contributed by atoms with Crippen LogP contribution in [-0.2, 0) is 6.42 Å². The largest absolute Gasteiger partial charge is 0.356 e. The molecule has 1 N–H and O–H groups in total. The summed E-state index contributed by atoms with van der Waals surface area (Å²) in [5.74, 6) is 1.24. The lowest BCUT2D eigenvalue weighted by Gasteiger charge is -2.36. The van der Waals surface area contributed by atoms with Crippen LogP contribution in [0.5, 0.6) is 0 Å². The molecule has 0 unspecified atom stereocenters. The molecule has 1 aromatic heterocycles. The molecule has 2 aromatic carbocycles. The van der Waals surface area contributed by atoms with Gasteiger partial charge in [0.2, 0.25) is 0 Å². The molecule has 1 fully saturated rings. The molecule has 4 rings (SSSR count). The molecule has 0 atom stereocenters. The van der Waals surface area contributed by atoms with Crippen LogP contribution >= 0.6 is 0 Å². The lowest BCUT2D eigenvalue weighted by Crippen LogP contribution is -2.43. The molecule has 6 nitrogen and oxygen atoms in total. The van der Waals surface area contributed by atoms with Crippen molar-refractivity contribution < 1.29 is 4.79 Å². The highest BCUT2D eigenvalue weighted by Crippen LogP contribution is 2.26. The first kappa shape index (κ1) is 22.9. The van der Waals surface area contributed by atoms with E-state index in [2.05, 4.69) is 46.3 Å². The predicted octanol–water partition coefficient (Wildman–Crippen LogP) is 4.04. The second kappa shape index (κ2) is 11.1. The molecule has 1 aliphatic rings. The van der Waals surface area contributed by atoms with Crippen LogP contribution in [0.3, 0.4) is 0 Å². The monoisotopic (exact) mass is 443 g/mol. The number of hydrogen-bond donors (Lipinski definition) is 1. The Kier molecular flexibility index (Phi) is 7.68. The molecule has 172 valence electrons. The van der Waals surface area contributed by atoms with Gasteiger partial charge in [0.05, 0.1) is 0 Å². The number of nitrogens with zero attached hydrogens (tertiary/aromatic N) is 4. The van der Waals surface area contributed by atoms with E-state index in [0.717, 1.165) is 44.3 Å². The number of piperidine rings is 1. The van der Waals surface area contributed by atoms with E-state index in [4.69, 9.17) is 4.98 Å². The van der Waals surface area contributed by atoms with Crippen LogP contribution in [0, 0.1) is 0 Å². The van der Waals surface area contributed by atoms with Crippen LogP contribution in [0.2, 0.25) is 0 Å². The molecule has 1 amide bonds. The van der Waals surface area contributed by atoms with Crippen molar-refractivity contribution in [3.63, 3.8) is 0 Å². The number of amides is 1. The van der Waals surface area contributed by atoms with Crippen LogP contribution in [0.25, 0.3) is 11.4 Å². The zero-order valence-electron chi connectivity index (χ0n) is 19.6. The van der Waals surface area contributed by atoms with Gasteiger partial charge < -0.3 is 15.1 Å². The first-order chi connectivity index (χ1) is 16.1. The normalized spacial score (nSPS) is 14.7. The van der Waals surface area contributed by atoms with E-state index in [-0.39, 0.29) is 5.91 Å². The number of anilines is 1. The highest BCUT2D eigenvalue weighted by molar-refractivity contribution is 5.98. The Bertz CT molecular complexity index is 1030. The second-order valence-corrected chi connectivity index (χ2v) is 8.79. The number of carbonyl (C=O) groups is 1. The number of rotatable bonds is 8. The third-order valence-corrected chi connectivity index (χ3v) is 6.39. The van der Waals surface area contributed by atoms with Crippen molar-refractivity contribution in [1.82, 2.24) is 20.2 Å². The maximum absolute atomic E-state index is 13.1. The van der Waals surface area contributed by atoms with Gasteiger partial charge in [-0.1, -0.05) is 60.7 Å². The zero-order valence-corrected chi connectivity index (χ0v) is 19.6. The summed E-state index contributed by atoms with van der Waals surface area (Å²) in [6.45, 7) is 2.71. The number of aryl methyl sites for hydroxylation is 1. The molecule has 3 aromatic rings. The van der Waals surface area contributed by atoms with Crippen molar-refractivity contribution in [2.45, 2.75) is 31.7 Å². The van der Waals surface area contributed by atoms with E-state index in [1.165, 1.54) is 5.56 Å². The van der Waals surface area contributed by atoms with Gasteiger partial charge in [-0.2, -0.15) is 0 Å². The molecule has 1 aliphatic heterocycles. The summed E-state index contributed by atoms with van der Waals surface area (Å²) >= 11 is 0. The number of carbonyl (C=O) groups excluding carboxylic acids is 1. The van der Waals surface area contributed by atoms with Gasteiger partial charge in [-0.15, -0.1) is 0 Å². The molecule has 2 heterocycles. The lowest BCUT2D eigenvalue weighted by molar-refractivity contribution is 0.0953. The van der Waals surface area contributed by atoms with E-state index in [1.807, 2.05) is 48.5 Å². The van der Waals surface area contributed by atoms with E-state index in [1.54, 1.807) is 6.20 Å². The maximum atomic E-state index is 13.1. The van der Waals surface area contributed by atoms with E-state index in [0.29, 0.717) is 29.8 Å². The van der Waals surface area contributed by atoms with E-state index in [9.17, 15) is 4.79 Å². The first-order valence-corrected chi connectivity index (χ1v) is 11.8. The van der Waals surface area contributed by atoms with Gasteiger partial charge in [0.1, 0.15) is 11.4 Å². The van der Waals surface area contributed by atoms with Gasteiger partial charge in [-0.05, 0) is 51.4 Å². The Morgan fingerprint density at radius 3 is 2.42 bits per heavy atom. The fourth-order valence-electron chi connectivity index (χ4n) is 4.32. The maximum Gasteiger partial charge on any atom is 0.256 e. The minimum Gasteiger partial charge on any atom is -0.356 e. The number of hydrogen-bond acceptors (Lipinski definition) is 5. The van der Waals surface area contributed by atoms with Crippen molar-refractivity contribution in [2.24, 2.45) is 0 Å². The van der Waals surface area contributed by atoms with Crippen LogP contribution in [0.1, 0.15) is 35.2 Å². The summed E-state index contributed by atoms with van der Waals surface area (Å²) < 4.78 is 0. The Balaban J connectivity index is 1.50. The van der Waals surface area contributed by atoms with Crippen molar-refractivity contribution in [2.75, 3.05) is 38.6 Å². The van der Waals surface area contributed by atoms with Gasteiger partial charge >= 0.3 is 0 Å². The van der Waals surface area contributed by atoms with Crippen molar-refractivity contribution in [3.05, 3.63) is 78.0 Å². The molecule has 1 saturated heterocycles. The summed E-state index contributed by atoms with van der Waals surface area (Å²) in [6, 6.07) is 20.6. The highest BCUT2D eigenvalue weighted by Gasteiger charge is 2.26. The molecule has 6 heteroatoms. The predicted molar refractivity (Wildman–Crippen MR) is 133 cm³/mol. The molecular formula is C27H33N5O. The second-order valence-electron chi connectivity index (χ2n) is 8.79. The standard InChI is InChI=1S/C27H33N5O/c1-31-18-15-23(16-19-31)32(2)26-24(20-29-25(30-26)22-13-7-4-8-14-22)27(33)28-17-9-12-21-10-5-3-6-11-21/h3-8,10-11,13-14,20,23H,9,12,15-19H2,1-2H3,(H,28,33). The molecule has 0 aliphatic carbocycles. The Morgan fingerprint density at radius 1 is 1.06 bits per heavy atom. The summed E-state index contributed by atoms with van der Waals surface area (Å²) in [7, 11) is 4.21. The SMILES string of the molecule is CN1CCC(N(C)c2nc(-c3ccccc3)ncc2C(=O)NCCCc2ccccc2)CC1. The van der Waals surface area contributed by atoms with E-state index < -0.39 is 0 Å². The van der Waals surface area contributed by atoms with Gasteiger partial charge in [0, 0.05) is 31.4 Å². The summed E-state index contributed by atoms with van der Waals surface area (Å²) in [5.41, 5.74) is 2.77. The molecule has 0 bridgehead atoms. The minimum atomic E-state index is -0.113. The van der Waals surface area contributed by atoms with E-state index >= 15 is 0 Å². The lowest BCUT2D eigenvalue weighted by atomic mass is 10.0. The summed E-state index contributed by atoms with van der Waals surface area (Å²) in [4.78, 5) is 27.1. The first-order valence-electron chi connectivity index (χ1n) is 11.8. The average molecular weight is 444 g/mol. The van der Waals surface area contributed by atoms with Crippen LogP contribution in [-0.4, -0.2) is 60.5 Å². The van der Waals surface area contributed by atoms with Gasteiger partial charge in [-0.3, -0.25) is 4.79 Å². The zero-order chi connectivity index (χ0) is 23.0. The number of aromatic nitrogens is 2. The smallest absolute Gasteiger partial charge is 0.256 e. The number of nitrogens with one attached hydrogen (secondary N) is 1. The fourth-order valence-corrected chi connectivity index (χ4v) is 4.32. The van der Waals surface area contributed by atoms with Crippen LogP contribution in [0.4, 0.5) is 5.82 Å². The van der Waals surface area contributed by atoms with Crippen molar-refractivity contribution in [3.8, 4) is 11.4 Å². The Morgan fingerprint density at radius 2 is 1.73 bits per heavy atom. The van der Waals surface area contributed by atoms with Gasteiger partial charge in [0.25, 0.3) is 5.91 Å². The average Bonchev–Trinajstić information content (AvgIpc) is 2.87.